The number of nitrogens with zero attached hydrogens (tertiary/aromatic N) is 1. The highest BCUT2D eigenvalue weighted by Gasteiger charge is 1.78. The Hall–Kier alpha value is -0.500. The van der Waals surface area contributed by atoms with Crippen LogP contribution in [0.4, 0.5) is 0 Å². The van der Waals surface area contributed by atoms with Gasteiger partial charge in [0.05, 0.1) is 6.20 Å². The zero-order valence-electron chi connectivity index (χ0n) is 2.90. The summed E-state index contributed by atoms with van der Waals surface area (Å²) < 4.78 is 0. The van der Waals surface area contributed by atoms with Gasteiger partial charge < -0.3 is 0 Å². The number of aromatic amines is 1. The van der Waals surface area contributed by atoms with Crippen molar-refractivity contribution < 1.29 is 0 Å². The summed E-state index contributed by atoms with van der Waals surface area (Å²) in [5.41, 5.74) is 0. The van der Waals surface area contributed by atoms with Gasteiger partial charge in [0.2, 0.25) is 0 Å². The molecule has 1 rings (SSSR count). The summed E-state index contributed by atoms with van der Waals surface area (Å²) >= 11 is 5.28. The van der Waals surface area contributed by atoms with Crippen molar-refractivity contribution in [3.8, 4) is 0 Å². The van der Waals surface area contributed by atoms with Crippen LogP contribution >= 0.6 is 11.6 Å². The lowest BCUT2D eigenvalue weighted by Crippen LogP contribution is -1.58. The van der Waals surface area contributed by atoms with Crippen LogP contribution in [-0.2, 0) is 0 Å². The molecule has 0 saturated carbocycles. The Morgan fingerprint density at radius 3 is 3.00 bits per heavy atom. The number of halogens is 1. The van der Waals surface area contributed by atoms with E-state index in [2.05, 4.69) is 16.3 Å². The number of hydrogen-bond acceptors (Lipinski definition) is 1. The molecule has 0 aliphatic rings. The van der Waals surface area contributed by atoms with Crippen LogP contribution in [0.25, 0.3) is 0 Å². The van der Waals surface area contributed by atoms with Crippen molar-refractivity contribution in [3.63, 3.8) is 0 Å². The maximum atomic E-state index is 5.28. The second-order valence-corrected chi connectivity index (χ2v) is 1.21. The second kappa shape index (κ2) is 1.30. The molecule has 1 aromatic rings. The van der Waals surface area contributed by atoms with E-state index in [-0.39, 0.29) is 0 Å². The van der Waals surface area contributed by atoms with E-state index >= 15 is 0 Å². The number of rotatable bonds is 0. The van der Waals surface area contributed by atoms with Crippen LogP contribution in [0.3, 0.4) is 0 Å². The van der Waals surface area contributed by atoms with E-state index in [1.807, 2.05) is 0 Å². The third-order valence-electron chi connectivity index (χ3n) is 0.419. The molecule has 1 aromatic heterocycles. The molecule has 0 saturated heterocycles. The second-order valence-electron chi connectivity index (χ2n) is 0.828. The predicted molar refractivity (Wildman–Crippen MR) is 22.4 cm³/mol. The third-order valence-corrected chi connectivity index (χ3v) is 0.612. The Morgan fingerprint density at radius 1 is 2.00 bits per heavy atom. The molecule has 31 valence electrons. The lowest BCUT2D eigenvalue weighted by atomic mass is 10.8. The first kappa shape index (κ1) is 3.68. The summed E-state index contributed by atoms with van der Waals surface area (Å²) in [5.74, 6) is 0. The molecule has 1 N–H and O–H groups in total. The van der Waals surface area contributed by atoms with E-state index in [0.29, 0.717) is 5.15 Å². The summed E-state index contributed by atoms with van der Waals surface area (Å²) in [6.07, 6.45) is 1.47. The molecule has 2 nitrogen and oxygen atoms in total. The van der Waals surface area contributed by atoms with Gasteiger partial charge in [0, 0.05) is 6.07 Å². The van der Waals surface area contributed by atoms with Crippen LogP contribution in [0, 0.1) is 6.07 Å². The van der Waals surface area contributed by atoms with Gasteiger partial charge in [0.15, 0.2) is 0 Å². The van der Waals surface area contributed by atoms with Crippen molar-refractivity contribution in [3.05, 3.63) is 17.4 Å². The van der Waals surface area contributed by atoms with Gasteiger partial charge in [-0.05, 0) is 0 Å². The van der Waals surface area contributed by atoms with E-state index in [4.69, 9.17) is 11.6 Å². The molecular formula is C3H2ClN2. The summed E-state index contributed by atoms with van der Waals surface area (Å²) in [6.45, 7) is 0. The quantitative estimate of drug-likeness (QED) is 0.516. The van der Waals surface area contributed by atoms with Crippen molar-refractivity contribution in [2.24, 2.45) is 0 Å². The highest BCUT2D eigenvalue weighted by Crippen LogP contribution is 1.95. The molecule has 3 heteroatoms. The van der Waals surface area contributed by atoms with Gasteiger partial charge >= 0.3 is 0 Å². The largest absolute Gasteiger partial charge is 0.267 e. The maximum Gasteiger partial charge on any atom is 0.132 e. The molecule has 6 heavy (non-hydrogen) atoms. The van der Waals surface area contributed by atoms with Crippen LogP contribution in [0.1, 0.15) is 0 Å². The van der Waals surface area contributed by atoms with Gasteiger partial charge in [-0.25, -0.2) is 0 Å². The fraction of sp³-hybridized carbons (Fsp3) is 0. The molecule has 1 heterocycles. The standard InChI is InChI=1S/C3H2ClN2/c4-3-1-2-5-6-3/h2H,(H,5,6). The van der Waals surface area contributed by atoms with E-state index in [9.17, 15) is 0 Å². The smallest absolute Gasteiger partial charge is 0.132 e. The monoisotopic (exact) mass is 101 g/mol. The molecule has 0 amide bonds. The molecule has 0 aliphatic heterocycles. The number of aromatic nitrogens is 2. The minimum Gasteiger partial charge on any atom is -0.267 e. The minimum absolute atomic E-state index is 0.454. The summed E-state index contributed by atoms with van der Waals surface area (Å²) in [5, 5.41) is 6.42. The predicted octanol–water partition coefficient (Wildman–Crippen LogP) is 0.863. The van der Waals surface area contributed by atoms with Gasteiger partial charge in [0.25, 0.3) is 0 Å². The van der Waals surface area contributed by atoms with Crippen molar-refractivity contribution in [1.82, 2.24) is 10.2 Å². The number of H-pyrrole nitrogens is 1. The molecule has 0 unspecified atom stereocenters. The van der Waals surface area contributed by atoms with E-state index < -0.39 is 0 Å². The zero-order valence-corrected chi connectivity index (χ0v) is 3.66. The van der Waals surface area contributed by atoms with Crippen LogP contribution in [-0.4, -0.2) is 10.2 Å². The molecular weight excluding hydrogens is 99.5 g/mol. The minimum atomic E-state index is 0.454. The summed E-state index contributed by atoms with van der Waals surface area (Å²) in [4.78, 5) is 0. The topological polar surface area (TPSA) is 28.7 Å². The van der Waals surface area contributed by atoms with Gasteiger partial charge in [-0.2, -0.15) is 5.10 Å². The average molecular weight is 102 g/mol. The Kier molecular flexibility index (Phi) is 0.801. The molecule has 0 atom stereocenters. The summed E-state index contributed by atoms with van der Waals surface area (Å²) in [6, 6.07) is 2.60. The van der Waals surface area contributed by atoms with Crippen molar-refractivity contribution in [2.45, 2.75) is 0 Å². The number of hydrogen-bond donors (Lipinski definition) is 1. The average Bonchev–Trinajstić information content (AvgIpc) is 1.86. The fourth-order valence-corrected chi connectivity index (χ4v) is 0.308. The maximum absolute atomic E-state index is 5.28. The van der Waals surface area contributed by atoms with Crippen molar-refractivity contribution >= 4 is 11.6 Å². The van der Waals surface area contributed by atoms with Crippen molar-refractivity contribution in [1.29, 1.82) is 0 Å². The highest BCUT2D eigenvalue weighted by atomic mass is 35.5. The Morgan fingerprint density at radius 2 is 2.83 bits per heavy atom. The highest BCUT2D eigenvalue weighted by molar-refractivity contribution is 6.29. The fourth-order valence-electron chi connectivity index (χ4n) is 0.210. The SMILES string of the molecule is Clc1[c]cn[nH]1. The molecule has 0 fully saturated rings. The Bertz CT molecular complexity index is 112. The lowest BCUT2D eigenvalue weighted by molar-refractivity contribution is 1.09. The third kappa shape index (κ3) is 0.518. The van der Waals surface area contributed by atoms with E-state index in [0.717, 1.165) is 0 Å². The summed E-state index contributed by atoms with van der Waals surface area (Å²) in [7, 11) is 0. The van der Waals surface area contributed by atoms with Crippen LogP contribution in [0.2, 0.25) is 5.15 Å². The number of nitrogens with one attached hydrogen (secondary N) is 1. The molecule has 1 radical (unpaired) electrons. The van der Waals surface area contributed by atoms with Gasteiger partial charge in [0.1, 0.15) is 5.15 Å². The van der Waals surface area contributed by atoms with Gasteiger partial charge in [-0.1, -0.05) is 11.6 Å². The van der Waals surface area contributed by atoms with Crippen LogP contribution < -0.4 is 0 Å². The molecule has 0 bridgehead atoms. The Labute approximate surface area is 40.1 Å². The normalized spacial score (nSPS) is 8.83. The first-order valence-corrected chi connectivity index (χ1v) is 1.84. The molecule has 0 aliphatic carbocycles. The van der Waals surface area contributed by atoms with E-state index in [1.165, 1.54) is 6.20 Å². The lowest BCUT2D eigenvalue weighted by Gasteiger charge is -1.63. The van der Waals surface area contributed by atoms with Gasteiger partial charge in [-0.15, -0.1) is 0 Å². The van der Waals surface area contributed by atoms with Crippen LogP contribution in [0.15, 0.2) is 6.20 Å². The zero-order chi connectivity index (χ0) is 4.41. The first-order chi connectivity index (χ1) is 2.89. The van der Waals surface area contributed by atoms with Crippen molar-refractivity contribution in [2.75, 3.05) is 0 Å². The molecule has 0 aromatic carbocycles. The Balaban J connectivity index is 3.05. The first-order valence-electron chi connectivity index (χ1n) is 1.46. The molecule has 0 spiro atoms. The van der Waals surface area contributed by atoms with E-state index in [1.54, 1.807) is 0 Å². The van der Waals surface area contributed by atoms with Gasteiger partial charge in [-0.3, -0.25) is 5.10 Å². The van der Waals surface area contributed by atoms with Crippen LogP contribution in [0.5, 0.6) is 0 Å².